The van der Waals surface area contributed by atoms with Crippen LogP contribution in [0.2, 0.25) is 0 Å². The Labute approximate surface area is 337 Å². The number of hydrogen-bond donors (Lipinski definition) is 0. The number of aromatic nitrogens is 2. The zero-order valence-corrected chi connectivity index (χ0v) is 34.3. The molecular formula is C52H58N2O. The van der Waals surface area contributed by atoms with Gasteiger partial charge < -0.3 is 4.42 Å². The lowest BCUT2D eigenvalue weighted by Gasteiger charge is -2.27. The van der Waals surface area contributed by atoms with Crippen LogP contribution in [0.15, 0.2) is 89.5 Å². The van der Waals surface area contributed by atoms with Crippen molar-refractivity contribution in [3.63, 3.8) is 0 Å². The molecule has 0 saturated carbocycles. The molecule has 0 unspecified atom stereocenters. The number of para-hydroxylation sites is 1. The highest BCUT2D eigenvalue weighted by Gasteiger charge is 2.24. The maximum atomic E-state index is 8.54. The maximum absolute atomic E-state index is 8.54. The molecule has 0 N–H and O–H groups in total. The van der Waals surface area contributed by atoms with Crippen LogP contribution in [0.4, 0.5) is 0 Å². The second kappa shape index (κ2) is 14.9. The van der Waals surface area contributed by atoms with Gasteiger partial charge in [0, 0.05) is 36.5 Å². The van der Waals surface area contributed by atoms with Crippen LogP contribution in [0.5, 0.6) is 0 Å². The van der Waals surface area contributed by atoms with E-state index in [0.717, 1.165) is 22.1 Å². The first-order chi connectivity index (χ1) is 28.6. The normalized spacial score (nSPS) is 14.3. The lowest BCUT2D eigenvalue weighted by atomic mass is 9.77. The van der Waals surface area contributed by atoms with Gasteiger partial charge in [-0.1, -0.05) is 124 Å². The fourth-order valence-corrected chi connectivity index (χ4v) is 8.19. The molecule has 0 spiro atoms. The molecule has 0 saturated heterocycles. The average Bonchev–Trinajstić information content (AvgIpc) is 3.57. The van der Waals surface area contributed by atoms with Crippen LogP contribution in [-0.4, -0.2) is 9.97 Å². The summed E-state index contributed by atoms with van der Waals surface area (Å²) in [5, 5.41) is 1.46. The first kappa shape index (κ1) is 31.2. The minimum Gasteiger partial charge on any atom is -0.437 e. The van der Waals surface area contributed by atoms with Crippen LogP contribution >= 0.6 is 0 Å². The third kappa shape index (κ3) is 7.03. The standard InChI is InChI=1S/C52H58N2O/c1-28(2)37-22-43(29(3)4)50(44(23-37)30(5)6)38-24-45(31(7)8)49(46(25-38)32(9)10)36-18-20-39(33(11)21-36)47-26-48(53-27-34(47)12)42-16-14-15-40-41-19-17-35(13)54-52(41)55-51(40)42/h14-32H,1-13H3/i12D3,13D3. The van der Waals surface area contributed by atoms with Gasteiger partial charge in [0.15, 0.2) is 0 Å². The Hall–Kier alpha value is -5.02. The number of aryl methyl sites for hydroxylation is 3. The molecule has 0 aliphatic rings. The summed E-state index contributed by atoms with van der Waals surface area (Å²) in [6.45, 7) is 20.1. The van der Waals surface area contributed by atoms with Crippen molar-refractivity contribution in [2.75, 3.05) is 0 Å². The van der Waals surface area contributed by atoms with E-state index in [9.17, 15) is 0 Å². The summed E-state index contributed by atoms with van der Waals surface area (Å²) < 4.78 is 55.4. The van der Waals surface area contributed by atoms with E-state index in [0.29, 0.717) is 45.5 Å². The molecule has 0 radical (unpaired) electrons. The van der Waals surface area contributed by atoms with Gasteiger partial charge in [-0.3, -0.25) is 4.98 Å². The number of furan rings is 1. The Morgan fingerprint density at radius 3 is 1.76 bits per heavy atom. The van der Waals surface area contributed by atoms with Crippen molar-refractivity contribution < 1.29 is 12.6 Å². The largest absolute Gasteiger partial charge is 0.437 e. The number of benzene rings is 4. The molecule has 0 fully saturated rings. The highest BCUT2D eigenvalue weighted by molar-refractivity contribution is 6.08. The van der Waals surface area contributed by atoms with E-state index in [1.165, 1.54) is 56.8 Å². The van der Waals surface area contributed by atoms with E-state index >= 15 is 0 Å². The van der Waals surface area contributed by atoms with E-state index in [4.69, 9.17) is 12.6 Å². The van der Waals surface area contributed by atoms with Gasteiger partial charge in [0.1, 0.15) is 5.58 Å². The molecule has 0 aliphatic carbocycles. The van der Waals surface area contributed by atoms with Crippen LogP contribution < -0.4 is 0 Å². The number of fused-ring (bicyclic) bond motifs is 3. The quantitative estimate of drug-likeness (QED) is 0.148. The lowest BCUT2D eigenvalue weighted by molar-refractivity contribution is 0.653. The molecule has 0 aliphatic heterocycles. The summed E-state index contributed by atoms with van der Waals surface area (Å²) in [7, 11) is 0. The van der Waals surface area contributed by atoms with Gasteiger partial charge in [-0.25, -0.2) is 4.98 Å². The van der Waals surface area contributed by atoms with E-state index in [1.54, 1.807) is 6.07 Å². The van der Waals surface area contributed by atoms with Gasteiger partial charge >= 0.3 is 0 Å². The molecule has 3 heteroatoms. The Bertz CT molecular complexity index is 2730. The minimum absolute atomic E-state index is 0.0455. The summed E-state index contributed by atoms with van der Waals surface area (Å²) in [4.78, 5) is 9.02. The SMILES string of the molecule is [2H]C([2H])([2H])c1ccc2c(n1)oc1c(-c3cc(-c4ccc(-c5c(C(C)C)cc(-c6c(C(C)C)cc(C(C)C)cc6C(C)C)cc5C(C)C)cc4C)c(C([2H])([2H])[2H])cn3)cccc12. The Balaban J connectivity index is 1.40. The molecule has 3 aromatic heterocycles. The van der Waals surface area contributed by atoms with Crippen molar-refractivity contribution in [2.45, 2.75) is 119 Å². The first-order valence-electron chi connectivity index (χ1n) is 22.9. The molecule has 0 atom stereocenters. The zero-order valence-electron chi connectivity index (χ0n) is 40.3. The predicted molar refractivity (Wildman–Crippen MR) is 236 cm³/mol. The average molecular weight is 733 g/mol. The smallest absolute Gasteiger partial charge is 0.227 e. The third-order valence-corrected chi connectivity index (χ3v) is 11.2. The number of hydrogen-bond acceptors (Lipinski definition) is 3. The van der Waals surface area contributed by atoms with Crippen molar-refractivity contribution in [1.82, 2.24) is 9.97 Å². The highest BCUT2D eigenvalue weighted by atomic mass is 16.3. The van der Waals surface area contributed by atoms with Gasteiger partial charge in [-0.15, -0.1) is 0 Å². The summed E-state index contributed by atoms with van der Waals surface area (Å²) in [5.41, 5.74) is 16.1. The maximum Gasteiger partial charge on any atom is 0.227 e. The Morgan fingerprint density at radius 2 is 1.18 bits per heavy atom. The number of nitrogens with zero attached hydrogens (tertiary/aromatic N) is 2. The first-order valence-corrected chi connectivity index (χ1v) is 19.9. The zero-order chi connectivity index (χ0) is 44.5. The Kier molecular flexibility index (Phi) is 8.46. The van der Waals surface area contributed by atoms with Gasteiger partial charge in [0.05, 0.1) is 5.69 Å². The highest BCUT2D eigenvalue weighted by Crippen LogP contribution is 2.45. The van der Waals surface area contributed by atoms with E-state index in [-0.39, 0.29) is 28.8 Å². The summed E-state index contributed by atoms with van der Waals surface area (Å²) in [5.74, 6) is 1.65. The third-order valence-electron chi connectivity index (χ3n) is 11.2. The fourth-order valence-electron chi connectivity index (χ4n) is 8.19. The monoisotopic (exact) mass is 732 g/mol. The molecule has 7 aromatic rings. The molecule has 3 heterocycles. The fraction of sp³-hybridized carbons (Fsp3) is 0.346. The minimum atomic E-state index is -2.42. The molecule has 3 nitrogen and oxygen atoms in total. The van der Waals surface area contributed by atoms with Gasteiger partial charge in [-0.2, -0.15) is 0 Å². The molecule has 0 amide bonds. The van der Waals surface area contributed by atoms with Crippen LogP contribution in [-0.2, 0) is 0 Å². The molecule has 0 bridgehead atoms. The molecule has 55 heavy (non-hydrogen) atoms. The summed E-state index contributed by atoms with van der Waals surface area (Å²) >= 11 is 0. The molecular weight excluding hydrogens is 669 g/mol. The molecule has 4 aromatic carbocycles. The van der Waals surface area contributed by atoms with E-state index in [1.807, 2.05) is 24.3 Å². The summed E-state index contributed by atoms with van der Waals surface area (Å²) in [6, 6.07) is 26.9. The van der Waals surface area contributed by atoms with Crippen molar-refractivity contribution >= 4 is 22.1 Å². The lowest BCUT2D eigenvalue weighted by Crippen LogP contribution is -2.06. The van der Waals surface area contributed by atoms with Crippen LogP contribution in [0, 0.1) is 20.6 Å². The van der Waals surface area contributed by atoms with Gasteiger partial charge in [-0.05, 0) is 147 Å². The van der Waals surface area contributed by atoms with Crippen LogP contribution in [0.25, 0.3) is 66.7 Å². The van der Waals surface area contributed by atoms with Crippen LogP contribution in [0.3, 0.4) is 0 Å². The predicted octanol–water partition coefficient (Wildman–Crippen LogP) is 15.6. The second-order valence-electron chi connectivity index (χ2n) is 16.9. The Morgan fingerprint density at radius 1 is 0.545 bits per heavy atom. The van der Waals surface area contributed by atoms with Crippen molar-refractivity contribution in [1.29, 1.82) is 0 Å². The number of rotatable bonds is 9. The van der Waals surface area contributed by atoms with E-state index < -0.39 is 13.7 Å². The van der Waals surface area contributed by atoms with Crippen LogP contribution in [0.1, 0.15) is 152 Å². The second-order valence-corrected chi connectivity index (χ2v) is 16.9. The topological polar surface area (TPSA) is 38.9 Å². The van der Waals surface area contributed by atoms with E-state index in [2.05, 4.69) is 129 Å². The van der Waals surface area contributed by atoms with Gasteiger partial charge in [0.25, 0.3) is 0 Å². The van der Waals surface area contributed by atoms with Gasteiger partial charge in [0.2, 0.25) is 5.71 Å². The summed E-state index contributed by atoms with van der Waals surface area (Å²) in [6.07, 6.45) is 1.45. The van der Waals surface area contributed by atoms with Crippen molar-refractivity contribution in [3.05, 3.63) is 130 Å². The molecule has 7 rings (SSSR count). The molecule has 282 valence electrons. The number of pyridine rings is 2. The van der Waals surface area contributed by atoms with Crippen molar-refractivity contribution in [3.8, 4) is 44.6 Å². The van der Waals surface area contributed by atoms with Crippen molar-refractivity contribution in [2.24, 2.45) is 0 Å².